The van der Waals surface area contributed by atoms with Gasteiger partial charge in [0, 0.05) is 26.2 Å². The topological polar surface area (TPSA) is 80.9 Å². The van der Waals surface area contributed by atoms with Gasteiger partial charge in [0.05, 0.1) is 13.7 Å². The molecule has 7 nitrogen and oxygen atoms in total. The zero-order valence-corrected chi connectivity index (χ0v) is 11.9. The van der Waals surface area contributed by atoms with Crippen molar-refractivity contribution in [3.63, 3.8) is 0 Å². The summed E-state index contributed by atoms with van der Waals surface area (Å²) < 4.78 is 14.3. The van der Waals surface area contributed by atoms with Crippen molar-refractivity contribution in [2.45, 2.75) is 6.92 Å². The molecule has 1 fully saturated rings. The molecule has 1 saturated heterocycles. The summed E-state index contributed by atoms with van der Waals surface area (Å²) in [5.41, 5.74) is 5.74. The fourth-order valence-electron chi connectivity index (χ4n) is 1.98. The molecule has 0 unspecified atom stereocenters. The SMILES string of the molecule is CCOC(=O)N1CCN(c2snc(N)c2OC)CC1. The zero-order chi connectivity index (χ0) is 13.8. The maximum atomic E-state index is 11.6. The van der Waals surface area contributed by atoms with Crippen LogP contribution in [0.2, 0.25) is 0 Å². The number of hydrogen-bond acceptors (Lipinski definition) is 7. The van der Waals surface area contributed by atoms with Crippen molar-refractivity contribution in [1.82, 2.24) is 9.27 Å². The van der Waals surface area contributed by atoms with Gasteiger partial charge >= 0.3 is 6.09 Å². The average molecular weight is 286 g/mol. The molecule has 1 aromatic heterocycles. The van der Waals surface area contributed by atoms with Gasteiger partial charge < -0.3 is 25.0 Å². The summed E-state index contributed by atoms with van der Waals surface area (Å²) in [5.74, 6) is 1.03. The Hall–Kier alpha value is -1.70. The summed E-state index contributed by atoms with van der Waals surface area (Å²) in [5, 5.41) is 0.920. The van der Waals surface area contributed by atoms with Crippen molar-refractivity contribution in [2.24, 2.45) is 0 Å². The van der Waals surface area contributed by atoms with E-state index in [-0.39, 0.29) is 6.09 Å². The zero-order valence-electron chi connectivity index (χ0n) is 11.1. The molecule has 1 aliphatic rings. The van der Waals surface area contributed by atoms with Gasteiger partial charge in [-0.15, -0.1) is 0 Å². The first-order chi connectivity index (χ1) is 9.17. The summed E-state index contributed by atoms with van der Waals surface area (Å²) in [6, 6.07) is 0. The molecular weight excluding hydrogens is 268 g/mol. The molecule has 2 N–H and O–H groups in total. The molecule has 0 atom stereocenters. The second-order valence-electron chi connectivity index (χ2n) is 4.08. The number of ether oxygens (including phenoxy) is 2. The van der Waals surface area contributed by atoms with Gasteiger partial charge in [0.25, 0.3) is 0 Å². The van der Waals surface area contributed by atoms with Crippen LogP contribution in [-0.2, 0) is 4.74 Å². The molecule has 0 radical (unpaired) electrons. The van der Waals surface area contributed by atoms with Crippen LogP contribution in [0.15, 0.2) is 0 Å². The van der Waals surface area contributed by atoms with Crippen molar-refractivity contribution in [3.8, 4) is 5.75 Å². The van der Waals surface area contributed by atoms with E-state index in [1.807, 2.05) is 0 Å². The lowest BCUT2D eigenvalue weighted by molar-refractivity contribution is 0.105. The van der Waals surface area contributed by atoms with E-state index in [0.29, 0.717) is 31.3 Å². The van der Waals surface area contributed by atoms with E-state index in [9.17, 15) is 4.79 Å². The molecule has 19 heavy (non-hydrogen) atoms. The molecule has 2 heterocycles. The van der Waals surface area contributed by atoms with Crippen LogP contribution in [0.1, 0.15) is 6.92 Å². The minimum Gasteiger partial charge on any atom is -0.490 e. The van der Waals surface area contributed by atoms with E-state index in [0.717, 1.165) is 18.1 Å². The fourth-order valence-corrected chi connectivity index (χ4v) is 2.82. The quantitative estimate of drug-likeness (QED) is 0.893. The van der Waals surface area contributed by atoms with Crippen LogP contribution in [0.5, 0.6) is 5.75 Å². The van der Waals surface area contributed by atoms with E-state index in [1.165, 1.54) is 11.5 Å². The number of amides is 1. The normalized spacial score (nSPS) is 15.5. The molecule has 8 heteroatoms. The van der Waals surface area contributed by atoms with Crippen LogP contribution in [0.25, 0.3) is 0 Å². The predicted octanol–water partition coefficient (Wildman–Crippen LogP) is 1.01. The van der Waals surface area contributed by atoms with Gasteiger partial charge in [-0.25, -0.2) is 4.79 Å². The van der Waals surface area contributed by atoms with E-state index in [2.05, 4.69) is 9.27 Å². The number of rotatable bonds is 3. The Bertz CT molecular complexity index is 443. The maximum Gasteiger partial charge on any atom is 0.409 e. The Labute approximate surface area is 116 Å². The Balaban J connectivity index is 1.98. The number of aromatic nitrogens is 1. The number of nitrogen functional groups attached to an aromatic ring is 1. The highest BCUT2D eigenvalue weighted by atomic mass is 32.1. The first-order valence-corrected chi connectivity index (χ1v) is 6.90. The molecule has 0 saturated carbocycles. The lowest BCUT2D eigenvalue weighted by Gasteiger charge is -2.34. The lowest BCUT2D eigenvalue weighted by Crippen LogP contribution is -2.48. The van der Waals surface area contributed by atoms with Gasteiger partial charge in [-0.2, -0.15) is 4.37 Å². The average Bonchev–Trinajstić information content (AvgIpc) is 2.80. The standard InChI is InChI=1S/C11H18N4O3S/c1-3-18-11(16)15-6-4-14(5-7-15)10-8(17-2)9(12)13-19-10/h3-7H2,1-2H3,(H2,12,13). The molecule has 0 spiro atoms. The molecule has 1 aromatic rings. The van der Waals surface area contributed by atoms with Crippen LogP contribution in [0.4, 0.5) is 15.6 Å². The monoisotopic (exact) mass is 286 g/mol. The van der Waals surface area contributed by atoms with Gasteiger partial charge in [-0.1, -0.05) is 0 Å². The largest absolute Gasteiger partial charge is 0.490 e. The number of carbonyl (C=O) groups is 1. The molecule has 2 rings (SSSR count). The summed E-state index contributed by atoms with van der Waals surface area (Å²) in [6.45, 7) is 4.89. The summed E-state index contributed by atoms with van der Waals surface area (Å²) in [6.07, 6.45) is -0.252. The predicted molar refractivity (Wildman–Crippen MR) is 73.9 cm³/mol. The molecule has 0 aliphatic carbocycles. The third kappa shape index (κ3) is 2.83. The minimum absolute atomic E-state index is 0.252. The summed E-state index contributed by atoms with van der Waals surface area (Å²) >= 11 is 1.32. The van der Waals surface area contributed by atoms with Gasteiger partial charge in [0.15, 0.2) is 16.6 Å². The fraction of sp³-hybridized carbons (Fsp3) is 0.636. The van der Waals surface area contributed by atoms with E-state index in [4.69, 9.17) is 15.2 Å². The van der Waals surface area contributed by atoms with Gasteiger partial charge in [0.1, 0.15) is 0 Å². The number of methoxy groups -OCH3 is 1. The van der Waals surface area contributed by atoms with Crippen molar-refractivity contribution in [1.29, 1.82) is 0 Å². The molecule has 1 amide bonds. The number of nitrogens with zero attached hydrogens (tertiary/aromatic N) is 3. The third-order valence-electron chi connectivity index (χ3n) is 2.95. The van der Waals surface area contributed by atoms with E-state index >= 15 is 0 Å². The third-order valence-corrected chi connectivity index (χ3v) is 3.86. The number of carbonyl (C=O) groups excluding carboxylic acids is 1. The number of hydrogen-bond donors (Lipinski definition) is 1. The highest BCUT2D eigenvalue weighted by Gasteiger charge is 2.25. The van der Waals surface area contributed by atoms with Crippen molar-refractivity contribution < 1.29 is 14.3 Å². The van der Waals surface area contributed by atoms with Crippen LogP contribution in [0.3, 0.4) is 0 Å². The molecular formula is C11H18N4O3S. The van der Waals surface area contributed by atoms with E-state index < -0.39 is 0 Å². The maximum absolute atomic E-state index is 11.6. The Morgan fingerprint density at radius 1 is 1.42 bits per heavy atom. The summed E-state index contributed by atoms with van der Waals surface area (Å²) in [4.78, 5) is 15.4. The Morgan fingerprint density at radius 3 is 2.68 bits per heavy atom. The number of anilines is 2. The highest BCUT2D eigenvalue weighted by Crippen LogP contribution is 2.38. The van der Waals surface area contributed by atoms with E-state index in [1.54, 1.807) is 18.9 Å². The van der Waals surface area contributed by atoms with Gasteiger partial charge in [-0.05, 0) is 18.5 Å². The minimum atomic E-state index is -0.252. The van der Waals surface area contributed by atoms with Crippen molar-refractivity contribution in [2.75, 3.05) is 50.5 Å². The Kier molecular flexibility index (Phi) is 4.31. The van der Waals surface area contributed by atoms with Crippen LogP contribution >= 0.6 is 11.5 Å². The summed E-state index contributed by atoms with van der Waals surface area (Å²) in [7, 11) is 1.58. The second kappa shape index (κ2) is 5.96. The molecule has 106 valence electrons. The van der Waals surface area contributed by atoms with Crippen molar-refractivity contribution >= 4 is 28.4 Å². The molecule has 0 bridgehead atoms. The van der Waals surface area contributed by atoms with Gasteiger partial charge in [-0.3, -0.25) is 0 Å². The van der Waals surface area contributed by atoms with Crippen LogP contribution in [0, 0.1) is 0 Å². The first-order valence-electron chi connectivity index (χ1n) is 6.13. The lowest BCUT2D eigenvalue weighted by atomic mass is 10.3. The van der Waals surface area contributed by atoms with Gasteiger partial charge in [0.2, 0.25) is 0 Å². The molecule has 1 aliphatic heterocycles. The van der Waals surface area contributed by atoms with Crippen LogP contribution in [-0.4, -0.2) is 55.3 Å². The molecule has 0 aromatic carbocycles. The highest BCUT2D eigenvalue weighted by molar-refractivity contribution is 7.11. The number of piperazine rings is 1. The number of nitrogens with two attached hydrogens (primary N) is 1. The Morgan fingerprint density at radius 2 is 2.11 bits per heavy atom. The van der Waals surface area contributed by atoms with Crippen LogP contribution < -0.4 is 15.4 Å². The first kappa shape index (κ1) is 13.7. The second-order valence-corrected chi connectivity index (χ2v) is 4.83. The smallest absolute Gasteiger partial charge is 0.409 e. The van der Waals surface area contributed by atoms with Crippen molar-refractivity contribution in [3.05, 3.63) is 0 Å².